The van der Waals surface area contributed by atoms with Crippen LogP contribution in [0.25, 0.3) is 0 Å². The molecule has 0 aliphatic carbocycles. The Balaban J connectivity index is 1.78. The molecule has 2 unspecified atom stereocenters. The fourth-order valence-corrected chi connectivity index (χ4v) is 4.20. The number of benzene rings is 1. The van der Waals surface area contributed by atoms with E-state index in [9.17, 15) is 9.59 Å². The Bertz CT molecular complexity index is 1100. The summed E-state index contributed by atoms with van der Waals surface area (Å²) in [5.74, 6) is 1.52. The molecular weight excluding hydrogens is 482 g/mol. The van der Waals surface area contributed by atoms with Gasteiger partial charge in [0.05, 0.1) is 17.8 Å². The lowest BCUT2D eigenvalue weighted by molar-refractivity contribution is 0.0275. The summed E-state index contributed by atoms with van der Waals surface area (Å²) >= 11 is 0. The highest BCUT2D eigenvalue weighted by Gasteiger charge is 2.31. The summed E-state index contributed by atoms with van der Waals surface area (Å²) in [5.41, 5.74) is 1.33. The summed E-state index contributed by atoms with van der Waals surface area (Å²) in [6, 6.07) is 7.60. The number of aromatic nitrogens is 2. The van der Waals surface area contributed by atoms with E-state index in [0.29, 0.717) is 55.1 Å². The highest BCUT2D eigenvalue weighted by molar-refractivity contribution is 6.06. The lowest BCUT2D eigenvalue weighted by Crippen LogP contribution is -2.36. The molecule has 9 heteroatoms. The van der Waals surface area contributed by atoms with Crippen LogP contribution in [0.3, 0.4) is 0 Å². The number of likely N-dealkylation sites (tertiary alicyclic amines) is 1. The summed E-state index contributed by atoms with van der Waals surface area (Å²) < 4.78 is 11.8. The molecule has 1 aromatic carbocycles. The number of aryl methyl sites for hydroxylation is 1. The van der Waals surface area contributed by atoms with Crippen molar-refractivity contribution in [3.05, 3.63) is 41.7 Å². The van der Waals surface area contributed by atoms with Crippen LogP contribution in [0, 0.1) is 12.8 Å². The Hall–Kier alpha value is -3.36. The first-order chi connectivity index (χ1) is 18.0. The number of hydrogen-bond acceptors (Lipinski definition) is 7. The minimum Gasteiger partial charge on any atom is -0.488 e. The van der Waals surface area contributed by atoms with Gasteiger partial charge < -0.3 is 24.6 Å². The molecule has 1 N–H and O–H groups in total. The third-order valence-electron chi connectivity index (χ3n) is 6.56. The van der Waals surface area contributed by atoms with E-state index < -0.39 is 5.60 Å². The number of anilines is 2. The number of nitrogens with one attached hydrogen (secondary N) is 1. The SMILES string of the molecule is CCNc1ncc(C(=O)N(CCC(C)CC)c2cccc(OC3CCN(C(=O)OC(C)(C)C)C3)c2)c(C)n1. The maximum atomic E-state index is 13.8. The number of amides is 2. The molecule has 1 aliphatic rings. The quantitative estimate of drug-likeness (QED) is 0.426. The molecule has 3 rings (SSSR count). The third kappa shape index (κ3) is 8.07. The number of hydrogen-bond donors (Lipinski definition) is 1. The van der Waals surface area contributed by atoms with Gasteiger partial charge in [-0.2, -0.15) is 0 Å². The van der Waals surface area contributed by atoms with Crippen LogP contribution in [0.15, 0.2) is 30.5 Å². The second-order valence-electron chi connectivity index (χ2n) is 10.9. The number of carbonyl (C=O) groups excluding carboxylic acids is 2. The second-order valence-corrected chi connectivity index (χ2v) is 10.9. The molecule has 0 spiro atoms. The monoisotopic (exact) mass is 525 g/mol. The first-order valence-electron chi connectivity index (χ1n) is 13.6. The third-order valence-corrected chi connectivity index (χ3v) is 6.56. The van der Waals surface area contributed by atoms with Gasteiger partial charge in [0.2, 0.25) is 5.95 Å². The van der Waals surface area contributed by atoms with Gasteiger partial charge in [0.1, 0.15) is 17.5 Å². The van der Waals surface area contributed by atoms with Crippen molar-refractivity contribution in [1.29, 1.82) is 0 Å². The number of ether oxygens (including phenoxy) is 2. The Morgan fingerprint density at radius 1 is 1.26 bits per heavy atom. The van der Waals surface area contributed by atoms with Crippen LogP contribution in [0.2, 0.25) is 0 Å². The van der Waals surface area contributed by atoms with Crippen molar-refractivity contribution in [2.24, 2.45) is 5.92 Å². The van der Waals surface area contributed by atoms with Crippen LogP contribution >= 0.6 is 0 Å². The Morgan fingerprint density at radius 2 is 2.03 bits per heavy atom. The second kappa shape index (κ2) is 12.9. The van der Waals surface area contributed by atoms with Crippen molar-refractivity contribution in [2.45, 2.75) is 79.4 Å². The predicted octanol–water partition coefficient (Wildman–Crippen LogP) is 5.69. The van der Waals surface area contributed by atoms with E-state index >= 15 is 0 Å². The topological polar surface area (TPSA) is 96.9 Å². The van der Waals surface area contributed by atoms with Crippen molar-refractivity contribution in [3.63, 3.8) is 0 Å². The molecule has 1 aromatic heterocycles. The van der Waals surface area contributed by atoms with E-state index in [2.05, 4.69) is 29.1 Å². The largest absolute Gasteiger partial charge is 0.488 e. The lowest BCUT2D eigenvalue weighted by Gasteiger charge is -2.26. The van der Waals surface area contributed by atoms with Gasteiger partial charge in [-0.25, -0.2) is 14.8 Å². The van der Waals surface area contributed by atoms with Gasteiger partial charge in [-0.15, -0.1) is 0 Å². The molecule has 9 nitrogen and oxygen atoms in total. The minimum atomic E-state index is -0.536. The molecule has 0 radical (unpaired) electrons. The molecule has 2 atom stereocenters. The zero-order valence-electron chi connectivity index (χ0n) is 23.9. The van der Waals surface area contributed by atoms with E-state index in [1.54, 1.807) is 16.0 Å². The number of nitrogens with zero attached hydrogens (tertiary/aromatic N) is 4. The zero-order valence-corrected chi connectivity index (χ0v) is 23.9. The summed E-state index contributed by atoms with van der Waals surface area (Å²) in [5, 5.41) is 3.09. The molecule has 0 bridgehead atoms. The van der Waals surface area contributed by atoms with Gasteiger partial charge in [0.25, 0.3) is 5.91 Å². The summed E-state index contributed by atoms with van der Waals surface area (Å²) in [6.45, 7) is 16.1. The van der Waals surface area contributed by atoms with Crippen LogP contribution in [0.4, 0.5) is 16.4 Å². The molecule has 2 heterocycles. The van der Waals surface area contributed by atoms with E-state index in [0.717, 1.165) is 24.9 Å². The van der Waals surface area contributed by atoms with Crippen molar-refractivity contribution in [2.75, 3.05) is 36.4 Å². The van der Waals surface area contributed by atoms with Crippen molar-refractivity contribution in [3.8, 4) is 5.75 Å². The molecule has 1 fully saturated rings. The highest BCUT2D eigenvalue weighted by Crippen LogP contribution is 2.27. The Morgan fingerprint density at radius 3 is 2.68 bits per heavy atom. The molecular formula is C29H43N5O4. The normalized spacial score (nSPS) is 16.2. The summed E-state index contributed by atoms with van der Waals surface area (Å²) in [6.07, 6.45) is 3.77. The highest BCUT2D eigenvalue weighted by atomic mass is 16.6. The molecule has 38 heavy (non-hydrogen) atoms. The van der Waals surface area contributed by atoms with Crippen molar-refractivity contribution >= 4 is 23.6 Å². The van der Waals surface area contributed by atoms with E-state index in [1.165, 1.54) is 0 Å². The molecule has 1 aliphatic heterocycles. The Labute approximate surface area is 226 Å². The van der Waals surface area contributed by atoms with Gasteiger partial charge in [0, 0.05) is 44.0 Å². The van der Waals surface area contributed by atoms with Crippen LogP contribution in [-0.2, 0) is 4.74 Å². The minimum absolute atomic E-state index is 0.136. The average Bonchev–Trinajstić information content (AvgIpc) is 3.32. The summed E-state index contributed by atoms with van der Waals surface area (Å²) in [4.78, 5) is 38.5. The molecule has 2 amide bonds. The van der Waals surface area contributed by atoms with Crippen LogP contribution in [0.5, 0.6) is 5.75 Å². The smallest absolute Gasteiger partial charge is 0.410 e. The maximum Gasteiger partial charge on any atom is 0.410 e. The lowest BCUT2D eigenvalue weighted by atomic mass is 10.0. The maximum absolute atomic E-state index is 13.8. The van der Waals surface area contributed by atoms with Crippen LogP contribution in [-0.4, -0.2) is 64.8 Å². The fraction of sp³-hybridized carbons (Fsp3) is 0.586. The number of carbonyl (C=O) groups is 2. The van der Waals surface area contributed by atoms with Crippen molar-refractivity contribution < 1.29 is 19.1 Å². The average molecular weight is 526 g/mol. The Kier molecular flexibility index (Phi) is 9.94. The molecule has 0 saturated carbocycles. The van der Waals surface area contributed by atoms with Crippen LogP contribution in [0.1, 0.15) is 76.9 Å². The zero-order chi connectivity index (χ0) is 27.9. The van der Waals surface area contributed by atoms with Gasteiger partial charge in [-0.3, -0.25) is 4.79 Å². The van der Waals surface area contributed by atoms with Crippen LogP contribution < -0.4 is 15.0 Å². The standard InChI is InChI=1S/C29H43N5O4/c1-8-20(3)13-16-34(26(35)25-18-31-27(30-9-2)32-21(25)4)22-11-10-12-23(17-22)37-24-14-15-33(19-24)28(36)38-29(5,6)7/h10-12,17-18,20,24H,8-9,13-16,19H2,1-7H3,(H,30,31,32). The molecule has 1 saturated heterocycles. The van der Waals surface area contributed by atoms with Gasteiger partial charge >= 0.3 is 6.09 Å². The molecule has 208 valence electrons. The first kappa shape index (κ1) is 29.2. The van der Waals surface area contributed by atoms with Gasteiger partial charge in [0.15, 0.2) is 0 Å². The summed E-state index contributed by atoms with van der Waals surface area (Å²) in [7, 11) is 0. The van der Waals surface area contributed by atoms with E-state index in [-0.39, 0.29) is 18.1 Å². The molecule has 2 aromatic rings. The van der Waals surface area contributed by atoms with E-state index in [1.807, 2.05) is 58.9 Å². The van der Waals surface area contributed by atoms with E-state index in [4.69, 9.17) is 9.47 Å². The van der Waals surface area contributed by atoms with Gasteiger partial charge in [-0.1, -0.05) is 26.3 Å². The van der Waals surface area contributed by atoms with Gasteiger partial charge in [-0.05, 0) is 59.1 Å². The number of rotatable bonds is 10. The van der Waals surface area contributed by atoms with Crippen molar-refractivity contribution in [1.82, 2.24) is 14.9 Å². The predicted molar refractivity (Wildman–Crippen MR) is 150 cm³/mol. The first-order valence-corrected chi connectivity index (χ1v) is 13.6. The fourth-order valence-electron chi connectivity index (χ4n) is 4.20.